The highest BCUT2D eigenvalue weighted by molar-refractivity contribution is 7.92. The lowest BCUT2D eigenvalue weighted by molar-refractivity contribution is 0.601. The average Bonchev–Trinajstić information content (AvgIpc) is 2.42. The van der Waals surface area contributed by atoms with Crippen molar-refractivity contribution < 1.29 is 8.42 Å². The van der Waals surface area contributed by atoms with Crippen molar-refractivity contribution in [1.29, 1.82) is 0 Å². The van der Waals surface area contributed by atoms with Gasteiger partial charge in [-0.05, 0) is 36.2 Å². The predicted molar refractivity (Wildman–Crippen MR) is 82.1 cm³/mol. The first-order valence-corrected chi connectivity index (χ1v) is 7.97. The molecule has 0 radical (unpaired) electrons. The zero-order valence-electron chi connectivity index (χ0n) is 11.3. The van der Waals surface area contributed by atoms with E-state index in [0.717, 1.165) is 18.4 Å². The maximum Gasteiger partial charge on any atom is 0.261 e. The summed E-state index contributed by atoms with van der Waals surface area (Å²) in [7, 11) is -3.60. The van der Waals surface area contributed by atoms with Gasteiger partial charge in [-0.2, -0.15) is 0 Å². The summed E-state index contributed by atoms with van der Waals surface area (Å²) in [5, 5.41) is 0. The van der Waals surface area contributed by atoms with E-state index in [1.807, 2.05) is 12.1 Å². The van der Waals surface area contributed by atoms with Crippen molar-refractivity contribution in [3.05, 3.63) is 54.1 Å². The molecule has 2 aromatic carbocycles. The summed E-state index contributed by atoms with van der Waals surface area (Å²) in [5.74, 6) is 0. The molecule has 3 N–H and O–H groups in total. The summed E-state index contributed by atoms with van der Waals surface area (Å²) in [6.45, 7) is 2.09. The Morgan fingerprint density at radius 2 is 1.70 bits per heavy atom. The van der Waals surface area contributed by atoms with Crippen molar-refractivity contribution in [3.8, 4) is 0 Å². The number of hydrogen-bond donors (Lipinski definition) is 2. The summed E-state index contributed by atoms with van der Waals surface area (Å²) in [6.07, 6.45) is 1.98. The van der Waals surface area contributed by atoms with Gasteiger partial charge in [0, 0.05) is 0 Å². The molecule has 0 atom stereocenters. The lowest BCUT2D eigenvalue weighted by atomic mass is 10.1. The number of anilines is 2. The molecule has 0 aromatic heterocycles. The standard InChI is InChI=1S/C15H18N2O2S/c1-2-5-12-8-10-13(11-9-12)20(18,19)17-15-7-4-3-6-14(15)16/h3-4,6-11,17H,2,5,16H2,1H3. The van der Waals surface area contributed by atoms with Crippen molar-refractivity contribution >= 4 is 21.4 Å². The van der Waals surface area contributed by atoms with E-state index in [-0.39, 0.29) is 4.90 Å². The molecule has 0 aliphatic carbocycles. The number of aryl methyl sites for hydroxylation is 1. The summed E-state index contributed by atoms with van der Waals surface area (Å²) >= 11 is 0. The Morgan fingerprint density at radius 1 is 1.05 bits per heavy atom. The Kier molecular flexibility index (Phi) is 4.29. The molecular weight excluding hydrogens is 272 g/mol. The summed E-state index contributed by atoms with van der Waals surface area (Å²) in [4.78, 5) is 0.237. The van der Waals surface area contributed by atoms with Crippen LogP contribution in [0.3, 0.4) is 0 Å². The fourth-order valence-electron chi connectivity index (χ4n) is 1.92. The Bertz CT molecular complexity index is 679. The number of rotatable bonds is 5. The molecule has 0 unspecified atom stereocenters. The van der Waals surface area contributed by atoms with Crippen LogP contribution in [0.1, 0.15) is 18.9 Å². The molecule has 20 heavy (non-hydrogen) atoms. The topological polar surface area (TPSA) is 72.2 Å². The fourth-order valence-corrected chi connectivity index (χ4v) is 3.01. The van der Waals surface area contributed by atoms with Gasteiger partial charge in [0.05, 0.1) is 16.3 Å². The van der Waals surface area contributed by atoms with Crippen LogP contribution in [0.15, 0.2) is 53.4 Å². The van der Waals surface area contributed by atoms with Crippen LogP contribution in [0.5, 0.6) is 0 Å². The molecule has 5 heteroatoms. The van der Waals surface area contributed by atoms with Gasteiger partial charge in [0.25, 0.3) is 10.0 Å². The van der Waals surface area contributed by atoms with Gasteiger partial charge < -0.3 is 5.73 Å². The number of nitrogen functional groups attached to an aromatic ring is 1. The molecule has 0 amide bonds. The van der Waals surface area contributed by atoms with E-state index in [9.17, 15) is 8.42 Å². The van der Waals surface area contributed by atoms with Crippen LogP contribution in [0.25, 0.3) is 0 Å². The van der Waals surface area contributed by atoms with Crippen LogP contribution in [0, 0.1) is 0 Å². The maximum absolute atomic E-state index is 12.3. The zero-order valence-corrected chi connectivity index (χ0v) is 12.2. The number of benzene rings is 2. The molecule has 0 saturated carbocycles. The fraction of sp³-hybridized carbons (Fsp3) is 0.200. The second kappa shape index (κ2) is 5.96. The lowest BCUT2D eigenvalue weighted by Crippen LogP contribution is -2.14. The van der Waals surface area contributed by atoms with E-state index in [0.29, 0.717) is 11.4 Å². The lowest BCUT2D eigenvalue weighted by Gasteiger charge is -2.10. The van der Waals surface area contributed by atoms with Gasteiger partial charge in [0.15, 0.2) is 0 Å². The third-order valence-corrected chi connectivity index (χ3v) is 4.36. The van der Waals surface area contributed by atoms with Crippen LogP contribution < -0.4 is 10.5 Å². The van der Waals surface area contributed by atoms with Crippen LogP contribution >= 0.6 is 0 Å². The average molecular weight is 290 g/mol. The van der Waals surface area contributed by atoms with Crippen molar-refractivity contribution in [2.75, 3.05) is 10.5 Å². The van der Waals surface area contributed by atoms with E-state index in [2.05, 4.69) is 11.6 Å². The molecule has 106 valence electrons. The largest absolute Gasteiger partial charge is 0.397 e. The highest BCUT2D eigenvalue weighted by atomic mass is 32.2. The first kappa shape index (κ1) is 14.4. The first-order valence-electron chi connectivity index (χ1n) is 6.49. The molecule has 2 aromatic rings. The van der Waals surface area contributed by atoms with Gasteiger partial charge in [-0.3, -0.25) is 4.72 Å². The van der Waals surface area contributed by atoms with Crippen LogP contribution in [-0.4, -0.2) is 8.42 Å². The Balaban J connectivity index is 2.24. The molecule has 0 aliphatic rings. The van der Waals surface area contributed by atoms with Gasteiger partial charge in [-0.1, -0.05) is 37.6 Å². The normalized spacial score (nSPS) is 11.2. The Morgan fingerprint density at radius 3 is 2.30 bits per heavy atom. The quantitative estimate of drug-likeness (QED) is 0.831. The number of sulfonamides is 1. The molecule has 0 bridgehead atoms. The van der Waals surface area contributed by atoms with Crippen LogP contribution in [0.4, 0.5) is 11.4 Å². The molecule has 0 spiro atoms. The van der Waals surface area contributed by atoms with Gasteiger partial charge >= 0.3 is 0 Å². The second-order valence-corrected chi connectivity index (χ2v) is 6.27. The third kappa shape index (κ3) is 3.30. The molecule has 0 fully saturated rings. The van der Waals surface area contributed by atoms with E-state index in [4.69, 9.17) is 5.73 Å². The summed E-state index contributed by atoms with van der Waals surface area (Å²) in [5.41, 5.74) is 7.67. The van der Waals surface area contributed by atoms with Crippen LogP contribution in [-0.2, 0) is 16.4 Å². The van der Waals surface area contributed by atoms with Gasteiger partial charge in [0.2, 0.25) is 0 Å². The molecule has 2 rings (SSSR count). The van der Waals surface area contributed by atoms with Gasteiger partial charge in [0.1, 0.15) is 0 Å². The minimum atomic E-state index is -3.60. The molecular formula is C15H18N2O2S. The second-order valence-electron chi connectivity index (χ2n) is 4.59. The number of nitrogens with two attached hydrogens (primary N) is 1. The highest BCUT2D eigenvalue weighted by Crippen LogP contribution is 2.21. The van der Waals surface area contributed by atoms with E-state index in [1.165, 1.54) is 0 Å². The monoisotopic (exact) mass is 290 g/mol. The summed E-state index contributed by atoms with van der Waals surface area (Å²) < 4.78 is 27.0. The molecule has 0 heterocycles. The minimum Gasteiger partial charge on any atom is -0.397 e. The van der Waals surface area contributed by atoms with Gasteiger partial charge in [-0.25, -0.2) is 8.42 Å². The zero-order chi connectivity index (χ0) is 14.6. The van der Waals surface area contributed by atoms with Gasteiger partial charge in [-0.15, -0.1) is 0 Å². The minimum absolute atomic E-state index is 0.237. The summed E-state index contributed by atoms with van der Waals surface area (Å²) in [6, 6.07) is 13.7. The van der Waals surface area contributed by atoms with Crippen LogP contribution in [0.2, 0.25) is 0 Å². The van der Waals surface area contributed by atoms with Crippen molar-refractivity contribution in [3.63, 3.8) is 0 Å². The van der Waals surface area contributed by atoms with Crippen molar-refractivity contribution in [2.45, 2.75) is 24.7 Å². The van der Waals surface area contributed by atoms with Crippen molar-refractivity contribution in [1.82, 2.24) is 0 Å². The number of nitrogens with one attached hydrogen (secondary N) is 1. The molecule has 0 saturated heterocycles. The smallest absolute Gasteiger partial charge is 0.261 e. The number of hydrogen-bond acceptors (Lipinski definition) is 3. The highest BCUT2D eigenvalue weighted by Gasteiger charge is 2.14. The number of para-hydroxylation sites is 2. The van der Waals surface area contributed by atoms with Crippen molar-refractivity contribution in [2.24, 2.45) is 0 Å². The SMILES string of the molecule is CCCc1ccc(S(=O)(=O)Nc2ccccc2N)cc1. The predicted octanol–water partition coefficient (Wildman–Crippen LogP) is 3.02. The van der Waals surface area contributed by atoms with E-state index < -0.39 is 10.0 Å². The third-order valence-electron chi connectivity index (χ3n) is 2.98. The maximum atomic E-state index is 12.3. The molecule has 0 aliphatic heterocycles. The molecule has 4 nitrogen and oxygen atoms in total. The van der Waals surface area contributed by atoms with E-state index in [1.54, 1.807) is 36.4 Å². The Hall–Kier alpha value is -2.01. The Labute approximate surface area is 119 Å². The first-order chi connectivity index (χ1) is 9.53. The van der Waals surface area contributed by atoms with E-state index >= 15 is 0 Å².